The number of sulfonamides is 1. The molecule has 1 atom stereocenters. The van der Waals surface area contributed by atoms with Gasteiger partial charge in [-0.3, -0.25) is 4.79 Å². The molecule has 0 bridgehead atoms. The van der Waals surface area contributed by atoms with Crippen LogP contribution in [0.2, 0.25) is 0 Å². The van der Waals surface area contributed by atoms with Crippen molar-refractivity contribution in [3.63, 3.8) is 0 Å². The monoisotopic (exact) mass is 377 g/mol. The summed E-state index contributed by atoms with van der Waals surface area (Å²) in [6, 6.07) is 6.75. The smallest absolute Gasteiger partial charge is 0.286 e. The largest absolute Gasteiger partial charge is 0.342 e. The Balaban J connectivity index is 1.70. The summed E-state index contributed by atoms with van der Waals surface area (Å²) in [6.45, 7) is 7.77. The molecule has 1 aromatic carbocycles. The van der Waals surface area contributed by atoms with E-state index in [1.807, 2.05) is 18.7 Å². The number of benzene rings is 1. The highest BCUT2D eigenvalue weighted by Crippen LogP contribution is 2.32. The lowest BCUT2D eigenvalue weighted by molar-refractivity contribution is -0.134. The van der Waals surface area contributed by atoms with Crippen molar-refractivity contribution < 1.29 is 13.2 Å². The summed E-state index contributed by atoms with van der Waals surface area (Å²) in [5.41, 5.74) is 0.162. The van der Waals surface area contributed by atoms with Crippen LogP contribution in [-0.4, -0.2) is 38.2 Å². The van der Waals surface area contributed by atoms with E-state index in [1.165, 1.54) is 6.42 Å². The maximum Gasteiger partial charge on any atom is 0.286 e. The predicted octanol–water partition coefficient (Wildman–Crippen LogP) is 3.26. The Hall–Kier alpha value is -1.89. The van der Waals surface area contributed by atoms with Crippen LogP contribution in [0.3, 0.4) is 0 Å². The Bertz CT molecular complexity index is 830. The van der Waals surface area contributed by atoms with Crippen molar-refractivity contribution in [2.45, 2.75) is 51.3 Å². The van der Waals surface area contributed by atoms with Crippen LogP contribution >= 0.6 is 0 Å². The minimum absolute atomic E-state index is 0.140. The molecule has 3 rings (SSSR count). The number of carbonyl (C=O) groups is 1. The fraction of sp³-hybridized carbons (Fsp3) is 0.579. The van der Waals surface area contributed by atoms with Gasteiger partial charge in [-0.2, -0.15) is 8.42 Å². The molecule has 1 unspecified atom stereocenters. The predicted molar refractivity (Wildman–Crippen MR) is 103 cm³/mol. The van der Waals surface area contributed by atoms with E-state index < -0.39 is 10.0 Å². The van der Waals surface area contributed by atoms with Gasteiger partial charge in [0.25, 0.3) is 10.0 Å². The van der Waals surface area contributed by atoms with Gasteiger partial charge >= 0.3 is 0 Å². The van der Waals surface area contributed by atoms with Crippen molar-refractivity contribution in [3.05, 3.63) is 24.3 Å². The van der Waals surface area contributed by atoms with E-state index in [-0.39, 0.29) is 16.2 Å². The summed E-state index contributed by atoms with van der Waals surface area (Å²) in [5.74, 6) is 1.08. The Morgan fingerprint density at radius 2 is 2.08 bits per heavy atom. The van der Waals surface area contributed by atoms with E-state index in [0.29, 0.717) is 30.3 Å². The van der Waals surface area contributed by atoms with E-state index in [2.05, 4.69) is 16.6 Å². The van der Waals surface area contributed by atoms with Crippen LogP contribution in [0.15, 0.2) is 33.6 Å². The first-order valence-electron chi connectivity index (χ1n) is 9.14. The second-order valence-corrected chi connectivity index (χ2v) is 9.81. The lowest BCUT2D eigenvalue weighted by Crippen LogP contribution is -2.41. The molecule has 1 amide bonds. The van der Waals surface area contributed by atoms with Crippen LogP contribution < -0.4 is 5.32 Å². The van der Waals surface area contributed by atoms with Gasteiger partial charge in [0.15, 0.2) is 0 Å². The molecule has 2 aliphatic heterocycles. The first kappa shape index (κ1) is 18.9. The standard InChI is InChI=1S/C19H27N3O3S/c1-14-7-6-10-22(13-14)18(23)12-19(2,3)11-17-20-15-8-4-5-9-16(15)26(24,25)21-17/h4-5,8-9,14H,6-7,10-13H2,1-3H3,(H,20,21). The molecule has 0 aliphatic carbocycles. The number of amides is 1. The second kappa shape index (κ2) is 7.02. The SMILES string of the molecule is CC1CCCN(C(=O)CC(C)(C)CC2=NS(=O)(=O)c3ccccc3N2)C1. The lowest BCUT2D eigenvalue weighted by atomic mass is 9.84. The zero-order valence-corrected chi connectivity index (χ0v) is 16.5. The molecule has 26 heavy (non-hydrogen) atoms. The number of hydrogen-bond acceptors (Lipinski definition) is 4. The summed E-state index contributed by atoms with van der Waals surface area (Å²) in [4.78, 5) is 14.8. The topological polar surface area (TPSA) is 78.8 Å². The van der Waals surface area contributed by atoms with Gasteiger partial charge in [-0.1, -0.05) is 32.9 Å². The number of nitrogens with one attached hydrogen (secondary N) is 1. The Morgan fingerprint density at radius 3 is 2.81 bits per heavy atom. The maximum absolute atomic E-state index is 12.7. The van der Waals surface area contributed by atoms with E-state index in [1.54, 1.807) is 24.3 Å². The third-order valence-electron chi connectivity index (χ3n) is 4.96. The molecular weight excluding hydrogens is 350 g/mol. The highest BCUT2D eigenvalue weighted by Gasteiger charge is 2.32. The van der Waals surface area contributed by atoms with Crippen LogP contribution in [0.1, 0.15) is 46.5 Å². The number of amidine groups is 1. The first-order chi connectivity index (χ1) is 12.2. The number of anilines is 1. The van der Waals surface area contributed by atoms with Crippen molar-refractivity contribution >= 4 is 27.5 Å². The summed E-state index contributed by atoms with van der Waals surface area (Å²) in [6.07, 6.45) is 3.00. The van der Waals surface area contributed by atoms with Crippen molar-refractivity contribution in [1.82, 2.24) is 4.90 Å². The average Bonchev–Trinajstić information content (AvgIpc) is 2.53. The molecule has 1 N–H and O–H groups in total. The molecule has 6 nitrogen and oxygen atoms in total. The highest BCUT2D eigenvalue weighted by molar-refractivity contribution is 7.90. The van der Waals surface area contributed by atoms with Crippen molar-refractivity contribution in [3.8, 4) is 0 Å². The molecule has 0 saturated carbocycles. The summed E-state index contributed by atoms with van der Waals surface area (Å²) in [7, 11) is -3.69. The van der Waals surface area contributed by atoms with Gasteiger partial charge in [-0.15, -0.1) is 4.40 Å². The minimum atomic E-state index is -3.69. The van der Waals surface area contributed by atoms with E-state index in [9.17, 15) is 13.2 Å². The zero-order chi connectivity index (χ0) is 18.9. The molecule has 2 aliphatic rings. The number of fused-ring (bicyclic) bond motifs is 1. The van der Waals surface area contributed by atoms with Gasteiger partial charge in [-0.25, -0.2) is 0 Å². The van der Waals surface area contributed by atoms with Crippen LogP contribution in [0.4, 0.5) is 5.69 Å². The van der Waals surface area contributed by atoms with E-state index in [0.717, 1.165) is 19.5 Å². The highest BCUT2D eigenvalue weighted by atomic mass is 32.2. The molecule has 142 valence electrons. The quantitative estimate of drug-likeness (QED) is 0.873. The molecule has 0 radical (unpaired) electrons. The van der Waals surface area contributed by atoms with Crippen molar-refractivity contribution in [2.75, 3.05) is 18.4 Å². The van der Waals surface area contributed by atoms with Gasteiger partial charge in [0.1, 0.15) is 10.7 Å². The minimum Gasteiger partial charge on any atom is -0.342 e. The van der Waals surface area contributed by atoms with Crippen LogP contribution in [-0.2, 0) is 14.8 Å². The molecule has 0 aromatic heterocycles. The van der Waals surface area contributed by atoms with Crippen LogP contribution in [0.25, 0.3) is 0 Å². The number of para-hydroxylation sites is 1. The summed E-state index contributed by atoms with van der Waals surface area (Å²) < 4.78 is 28.7. The van der Waals surface area contributed by atoms with Gasteiger partial charge in [0.05, 0.1) is 5.69 Å². The number of piperidine rings is 1. The number of likely N-dealkylation sites (tertiary alicyclic amines) is 1. The van der Waals surface area contributed by atoms with Gasteiger partial charge < -0.3 is 10.2 Å². The Labute approximate surface area is 155 Å². The molecule has 7 heteroatoms. The van der Waals surface area contributed by atoms with Crippen LogP contribution in [0.5, 0.6) is 0 Å². The molecular formula is C19H27N3O3S. The fourth-order valence-corrected chi connectivity index (χ4v) is 4.84. The Morgan fingerprint density at radius 1 is 1.35 bits per heavy atom. The summed E-state index contributed by atoms with van der Waals surface area (Å²) >= 11 is 0. The normalized spacial score (nSPS) is 22.2. The molecule has 0 spiro atoms. The summed E-state index contributed by atoms with van der Waals surface area (Å²) in [5, 5.41) is 3.11. The number of nitrogens with zero attached hydrogens (tertiary/aromatic N) is 2. The second-order valence-electron chi connectivity index (χ2n) is 8.24. The first-order valence-corrected chi connectivity index (χ1v) is 10.6. The molecule has 2 heterocycles. The van der Waals surface area contributed by atoms with Crippen LogP contribution in [0, 0.1) is 11.3 Å². The number of hydrogen-bond donors (Lipinski definition) is 1. The third kappa shape index (κ3) is 4.26. The van der Waals surface area contributed by atoms with Gasteiger partial charge in [0, 0.05) is 25.9 Å². The lowest BCUT2D eigenvalue weighted by Gasteiger charge is -2.34. The zero-order valence-electron chi connectivity index (χ0n) is 15.7. The fourth-order valence-electron chi connectivity index (χ4n) is 3.70. The third-order valence-corrected chi connectivity index (χ3v) is 6.33. The van der Waals surface area contributed by atoms with Gasteiger partial charge in [-0.05, 0) is 36.3 Å². The van der Waals surface area contributed by atoms with E-state index in [4.69, 9.17) is 0 Å². The Kier molecular flexibility index (Phi) is 5.10. The van der Waals surface area contributed by atoms with Crippen molar-refractivity contribution in [2.24, 2.45) is 15.7 Å². The number of carbonyl (C=O) groups excluding carboxylic acids is 1. The average molecular weight is 378 g/mol. The number of rotatable bonds is 4. The van der Waals surface area contributed by atoms with Gasteiger partial charge in [0.2, 0.25) is 5.91 Å². The van der Waals surface area contributed by atoms with Crippen molar-refractivity contribution in [1.29, 1.82) is 0 Å². The maximum atomic E-state index is 12.7. The molecule has 1 fully saturated rings. The van der Waals surface area contributed by atoms with E-state index >= 15 is 0 Å². The molecule has 1 saturated heterocycles. The molecule has 1 aromatic rings.